The Morgan fingerprint density at radius 2 is 2.39 bits per heavy atom. The summed E-state index contributed by atoms with van der Waals surface area (Å²) in [5.74, 6) is 1.61. The van der Waals surface area contributed by atoms with Gasteiger partial charge in [-0.2, -0.15) is 0 Å². The Hall–Kier alpha value is -1.33. The van der Waals surface area contributed by atoms with E-state index in [0.717, 1.165) is 28.4 Å². The van der Waals surface area contributed by atoms with E-state index in [1.807, 2.05) is 12.1 Å². The van der Waals surface area contributed by atoms with Crippen molar-refractivity contribution in [3.8, 4) is 0 Å². The molecule has 94 valence electrons. The molecule has 1 atom stereocenters. The number of nitrogens with zero attached hydrogens (tertiary/aromatic N) is 1. The predicted molar refractivity (Wildman–Crippen MR) is 67.8 cm³/mol. The highest BCUT2D eigenvalue weighted by Crippen LogP contribution is 2.37. The van der Waals surface area contributed by atoms with Gasteiger partial charge in [-0.3, -0.25) is 0 Å². The molecule has 0 saturated heterocycles. The Morgan fingerprint density at radius 3 is 3.22 bits per heavy atom. The standard InChI is InChI=1S/C13H13FN2OS/c14-11-3-1-2-10-12(5-7-18-13(10)11)15-8-9-4-6-16-17-9/h1-4,6,12,15H,5,7-8H2. The molecule has 0 amide bonds. The Balaban J connectivity index is 1.77. The van der Waals surface area contributed by atoms with Crippen LogP contribution in [0.15, 0.2) is 39.9 Å². The number of halogens is 1. The molecule has 1 aliphatic rings. The Kier molecular flexibility index (Phi) is 3.34. The van der Waals surface area contributed by atoms with E-state index in [9.17, 15) is 4.39 Å². The number of aromatic nitrogens is 1. The number of rotatable bonds is 3. The van der Waals surface area contributed by atoms with Crippen molar-refractivity contribution < 1.29 is 8.91 Å². The van der Waals surface area contributed by atoms with Crippen LogP contribution < -0.4 is 5.32 Å². The molecule has 5 heteroatoms. The van der Waals surface area contributed by atoms with Crippen molar-refractivity contribution in [1.82, 2.24) is 10.5 Å². The second-order valence-electron chi connectivity index (χ2n) is 4.21. The fourth-order valence-electron chi connectivity index (χ4n) is 2.16. The minimum absolute atomic E-state index is 0.122. The van der Waals surface area contributed by atoms with Crippen LogP contribution in [0, 0.1) is 5.82 Å². The van der Waals surface area contributed by atoms with E-state index in [1.54, 1.807) is 24.0 Å². The molecule has 0 aliphatic carbocycles. The van der Waals surface area contributed by atoms with Crippen LogP contribution in [-0.2, 0) is 6.54 Å². The summed E-state index contributed by atoms with van der Waals surface area (Å²) in [6.07, 6.45) is 2.62. The summed E-state index contributed by atoms with van der Waals surface area (Å²) in [5.41, 5.74) is 1.05. The molecule has 0 saturated carbocycles. The van der Waals surface area contributed by atoms with Crippen molar-refractivity contribution in [1.29, 1.82) is 0 Å². The lowest BCUT2D eigenvalue weighted by molar-refractivity contribution is 0.360. The van der Waals surface area contributed by atoms with Gasteiger partial charge in [0.05, 0.1) is 12.7 Å². The summed E-state index contributed by atoms with van der Waals surface area (Å²) in [7, 11) is 0. The molecule has 1 aliphatic heterocycles. The molecule has 3 nitrogen and oxygen atoms in total. The number of thioether (sulfide) groups is 1. The Bertz CT molecular complexity index is 530. The lowest BCUT2D eigenvalue weighted by Crippen LogP contribution is -2.24. The molecule has 1 aromatic carbocycles. The number of fused-ring (bicyclic) bond motifs is 1. The smallest absolute Gasteiger partial charge is 0.150 e. The lowest BCUT2D eigenvalue weighted by atomic mass is 10.0. The van der Waals surface area contributed by atoms with Gasteiger partial charge in [0.1, 0.15) is 11.6 Å². The van der Waals surface area contributed by atoms with Crippen molar-refractivity contribution in [2.24, 2.45) is 0 Å². The van der Waals surface area contributed by atoms with Gasteiger partial charge in [0.25, 0.3) is 0 Å². The second kappa shape index (κ2) is 5.12. The predicted octanol–water partition coefficient (Wildman–Crippen LogP) is 3.14. The molecule has 1 unspecified atom stereocenters. The Morgan fingerprint density at radius 1 is 1.44 bits per heavy atom. The first-order valence-electron chi connectivity index (χ1n) is 5.89. The third-order valence-corrected chi connectivity index (χ3v) is 4.20. The van der Waals surface area contributed by atoms with Gasteiger partial charge < -0.3 is 9.84 Å². The summed E-state index contributed by atoms with van der Waals surface area (Å²) >= 11 is 1.59. The van der Waals surface area contributed by atoms with Crippen LogP contribution in [0.1, 0.15) is 23.8 Å². The van der Waals surface area contributed by atoms with Crippen LogP contribution in [0.3, 0.4) is 0 Å². The first-order valence-corrected chi connectivity index (χ1v) is 6.87. The summed E-state index contributed by atoms with van der Waals surface area (Å²) in [6, 6.07) is 7.29. The number of hydrogen-bond donors (Lipinski definition) is 1. The zero-order chi connectivity index (χ0) is 12.4. The minimum atomic E-state index is -0.122. The summed E-state index contributed by atoms with van der Waals surface area (Å²) in [5, 5.41) is 7.06. The highest BCUT2D eigenvalue weighted by molar-refractivity contribution is 7.99. The average Bonchev–Trinajstić information content (AvgIpc) is 2.90. The van der Waals surface area contributed by atoms with Gasteiger partial charge in [0.15, 0.2) is 0 Å². The van der Waals surface area contributed by atoms with Gasteiger partial charge in [0.2, 0.25) is 0 Å². The summed E-state index contributed by atoms with van der Waals surface area (Å²) in [6.45, 7) is 0.616. The van der Waals surface area contributed by atoms with Crippen LogP contribution in [0.25, 0.3) is 0 Å². The fourth-order valence-corrected chi connectivity index (χ4v) is 3.30. The minimum Gasteiger partial charge on any atom is -0.360 e. The first kappa shape index (κ1) is 11.7. The van der Waals surface area contributed by atoms with E-state index in [0.29, 0.717) is 6.54 Å². The molecule has 0 spiro atoms. The van der Waals surface area contributed by atoms with E-state index in [-0.39, 0.29) is 11.9 Å². The van der Waals surface area contributed by atoms with Gasteiger partial charge in [-0.15, -0.1) is 11.8 Å². The molecule has 0 bridgehead atoms. The largest absolute Gasteiger partial charge is 0.360 e. The molecule has 2 heterocycles. The topological polar surface area (TPSA) is 38.1 Å². The van der Waals surface area contributed by atoms with Crippen LogP contribution in [-0.4, -0.2) is 10.9 Å². The van der Waals surface area contributed by atoms with Crippen LogP contribution in [0.2, 0.25) is 0 Å². The molecule has 18 heavy (non-hydrogen) atoms. The molecular formula is C13H13FN2OS. The first-order chi connectivity index (χ1) is 8.84. The summed E-state index contributed by atoms with van der Waals surface area (Å²) in [4.78, 5) is 0.777. The third kappa shape index (κ3) is 2.28. The number of benzene rings is 1. The SMILES string of the molecule is Fc1cccc2c1SCCC2NCc1ccno1. The van der Waals surface area contributed by atoms with E-state index < -0.39 is 0 Å². The van der Waals surface area contributed by atoms with Crippen molar-refractivity contribution in [2.45, 2.75) is 23.9 Å². The highest BCUT2D eigenvalue weighted by Gasteiger charge is 2.22. The molecule has 2 aromatic rings. The maximum atomic E-state index is 13.7. The van der Waals surface area contributed by atoms with E-state index in [2.05, 4.69) is 10.5 Å². The van der Waals surface area contributed by atoms with Crippen LogP contribution in [0.4, 0.5) is 4.39 Å². The van der Waals surface area contributed by atoms with Crippen LogP contribution >= 0.6 is 11.8 Å². The van der Waals surface area contributed by atoms with Gasteiger partial charge in [-0.1, -0.05) is 17.3 Å². The normalized spacial score (nSPS) is 18.6. The van der Waals surface area contributed by atoms with Crippen LogP contribution in [0.5, 0.6) is 0 Å². The van der Waals surface area contributed by atoms with Crippen molar-refractivity contribution in [3.63, 3.8) is 0 Å². The third-order valence-electron chi connectivity index (χ3n) is 3.04. The zero-order valence-electron chi connectivity index (χ0n) is 9.73. The maximum Gasteiger partial charge on any atom is 0.150 e. The zero-order valence-corrected chi connectivity index (χ0v) is 10.5. The van der Waals surface area contributed by atoms with E-state index in [1.165, 1.54) is 6.07 Å². The monoisotopic (exact) mass is 264 g/mol. The molecule has 0 fully saturated rings. The highest BCUT2D eigenvalue weighted by atomic mass is 32.2. The van der Waals surface area contributed by atoms with Crippen molar-refractivity contribution in [3.05, 3.63) is 47.6 Å². The van der Waals surface area contributed by atoms with Gasteiger partial charge in [-0.05, 0) is 23.8 Å². The molecule has 0 radical (unpaired) electrons. The Labute approximate surface area is 109 Å². The lowest BCUT2D eigenvalue weighted by Gasteiger charge is -2.25. The maximum absolute atomic E-state index is 13.7. The van der Waals surface area contributed by atoms with Crippen molar-refractivity contribution >= 4 is 11.8 Å². The van der Waals surface area contributed by atoms with E-state index >= 15 is 0 Å². The molecule has 1 N–H and O–H groups in total. The van der Waals surface area contributed by atoms with Gasteiger partial charge in [-0.25, -0.2) is 4.39 Å². The fraction of sp³-hybridized carbons (Fsp3) is 0.308. The molecule has 3 rings (SSSR count). The number of nitrogens with one attached hydrogen (secondary N) is 1. The average molecular weight is 264 g/mol. The molecule has 1 aromatic heterocycles. The van der Waals surface area contributed by atoms with Gasteiger partial charge in [0, 0.05) is 17.0 Å². The number of hydrogen-bond acceptors (Lipinski definition) is 4. The second-order valence-corrected chi connectivity index (χ2v) is 5.31. The van der Waals surface area contributed by atoms with Gasteiger partial charge >= 0.3 is 0 Å². The van der Waals surface area contributed by atoms with E-state index in [4.69, 9.17) is 4.52 Å². The quantitative estimate of drug-likeness (QED) is 0.924. The summed E-state index contributed by atoms with van der Waals surface area (Å²) < 4.78 is 18.7. The molecular weight excluding hydrogens is 251 g/mol. The van der Waals surface area contributed by atoms with Crippen molar-refractivity contribution in [2.75, 3.05) is 5.75 Å².